The summed E-state index contributed by atoms with van der Waals surface area (Å²) in [6.07, 6.45) is 2.22. The van der Waals surface area contributed by atoms with Gasteiger partial charge in [0.25, 0.3) is 0 Å². The third-order valence-electron chi connectivity index (χ3n) is 3.52. The van der Waals surface area contributed by atoms with Gasteiger partial charge < -0.3 is 5.73 Å². The average Bonchev–Trinajstić information content (AvgIpc) is 3.19. The Bertz CT molecular complexity index is 626. The monoisotopic (exact) mass is 299 g/mol. The number of nitro groups is 1. The number of hydrogen-bond donors (Lipinski definition) is 2. The molecule has 7 nitrogen and oxygen atoms in total. The minimum absolute atomic E-state index is 0.159. The van der Waals surface area contributed by atoms with E-state index in [0.29, 0.717) is 5.92 Å². The number of benzene rings is 1. The van der Waals surface area contributed by atoms with Crippen LogP contribution in [0.3, 0.4) is 0 Å². The Morgan fingerprint density at radius 2 is 2.15 bits per heavy atom. The van der Waals surface area contributed by atoms with Crippen molar-refractivity contribution in [2.24, 2.45) is 11.8 Å². The molecule has 3 N–H and O–H groups in total. The molecule has 0 spiro atoms. The molecule has 0 aliphatic heterocycles. The number of para-hydroxylation sites is 1. The Morgan fingerprint density at radius 1 is 1.50 bits per heavy atom. The zero-order valence-electron chi connectivity index (χ0n) is 11.1. The number of anilines is 1. The van der Waals surface area contributed by atoms with E-state index in [1.165, 1.54) is 18.2 Å². The Morgan fingerprint density at radius 3 is 2.70 bits per heavy atom. The number of hydrogen-bond acceptors (Lipinski definition) is 5. The number of nitrogens with one attached hydrogen (secondary N) is 1. The van der Waals surface area contributed by atoms with E-state index in [1.54, 1.807) is 0 Å². The van der Waals surface area contributed by atoms with Gasteiger partial charge in [-0.25, -0.2) is 13.1 Å². The fourth-order valence-electron chi connectivity index (χ4n) is 2.10. The molecule has 1 fully saturated rings. The highest BCUT2D eigenvalue weighted by molar-refractivity contribution is 7.89. The molecule has 0 radical (unpaired) electrons. The summed E-state index contributed by atoms with van der Waals surface area (Å²) in [5.41, 5.74) is 4.77. The van der Waals surface area contributed by atoms with Gasteiger partial charge in [-0.3, -0.25) is 10.1 Å². The standard InChI is InChI=1S/C12H17N3O4S/c1-8(9-5-6-9)7-14-20(18,19)11-4-2-3-10(13)12(11)15(16)17/h2-4,8-9,14H,5-7,13H2,1H3. The lowest BCUT2D eigenvalue weighted by Crippen LogP contribution is -2.29. The van der Waals surface area contributed by atoms with E-state index in [9.17, 15) is 18.5 Å². The number of rotatable bonds is 6. The van der Waals surface area contributed by atoms with Crippen LogP contribution < -0.4 is 10.5 Å². The van der Waals surface area contributed by atoms with Crippen molar-refractivity contribution in [1.82, 2.24) is 4.72 Å². The second-order valence-electron chi connectivity index (χ2n) is 5.12. The predicted octanol–water partition coefficient (Wildman–Crippen LogP) is 1.50. The van der Waals surface area contributed by atoms with Crippen LogP contribution in [0.2, 0.25) is 0 Å². The third kappa shape index (κ3) is 3.07. The Balaban J connectivity index is 2.24. The zero-order valence-corrected chi connectivity index (χ0v) is 11.9. The summed E-state index contributed by atoms with van der Waals surface area (Å²) in [6.45, 7) is 2.24. The van der Waals surface area contributed by atoms with Gasteiger partial charge in [-0.2, -0.15) is 0 Å². The van der Waals surface area contributed by atoms with Crippen LogP contribution in [0, 0.1) is 22.0 Å². The van der Waals surface area contributed by atoms with Crippen LogP contribution in [-0.4, -0.2) is 19.9 Å². The molecule has 0 bridgehead atoms. The maximum Gasteiger partial charge on any atom is 0.312 e. The fourth-order valence-corrected chi connectivity index (χ4v) is 3.44. The Labute approximate surface area is 117 Å². The second kappa shape index (κ2) is 5.37. The molecule has 1 aliphatic carbocycles. The molecule has 1 atom stereocenters. The van der Waals surface area contributed by atoms with Crippen molar-refractivity contribution in [1.29, 1.82) is 0 Å². The number of nitrogens with zero attached hydrogens (tertiary/aromatic N) is 1. The first-order chi connectivity index (χ1) is 9.33. The minimum Gasteiger partial charge on any atom is -0.393 e. The van der Waals surface area contributed by atoms with Crippen LogP contribution in [0.1, 0.15) is 19.8 Å². The highest BCUT2D eigenvalue weighted by Crippen LogP contribution is 2.36. The van der Waals surface area contributed by atoms with E-state index >= 15 is 0 Å². The van der Waals surface area contributed by atoms with Gasteiger partial charge in [0.05, 0.1) is 4.92 Å². The predicted molar refractivity (Wildman–Crippen MR) is 74.6 cm³/mol. The maximum atomic E-state index is 12.2. The summed E-state index contributed by atoms with van der Waals surface area (Å²) < 4.78 is 26.8. The van der Waals surface area contributed by atoms with Gasteiger partial charge in [0.15, 0.2) is 4.90 Å². The van der Waals surface area contributed by atoms with E-state index in [2.05, 4.69) is 4.72 Å². The summed E-state index contributed by atoms with van der Waals surface area (Å²) in [4.78, 5) is 9.83. The maximum absolute atomic E-state index is 12.2. The first-order valence-corrected chi connectivity index (χ1v) is 7.84. The van der Waals surface area contributed by atoms with E-state index in [1.807, 2.05) is 6.92 Å². The lowest BCUT2D eigenvalue weighted by atomic mass is 10.1. The topological polar surface area (TPSA) is 115 Å². The average molecular weight is 299 g/mol. The van der Waals surface area contributed by atoms with Gasteiger partial charge in [0.2, 0.25) is 10.0 Å². The summed E-state index contributed by atoms with van der Waals surface area (Å²) >= 11 is 0. The fraction of sp³-hybridized carbons (Fsp3) is 0.500. The van der Waals surface area contributed by atoms with Crippen molar-refractivity contribution in [3.05, 3.63) is 28.3 Å². The highest BCUT2D eigenvalue weighted by Gasteiger charge is 2.31. The van der Waals surface area contributed by atoms with Crippen LogP contribution in [0.5, 0.6) is 0 Å². The first-order valence-electron chi connectivity index (χ1n) is 6.35. The van der Waals surface area contributed by atoms with E-state index in [0.717, 1.165) is 12.8 Å². The molecule has 1 aromatic carbocycles. The van der Waals surface area contributed by atoms with Crippen LogP contribution in [0.4, 0.5) is 11.4 Å². The second-order valence-corrected chi connectivity index (χ2v) is 6.85. The molecule has 0 amide bonds. The molecule has 1 saturated carbocycles. The Hall–Kier alpha value is -1.67. The first kappa shape index (κ1) is 14.7. The van der Waals surface area contributed by atoms with Crippen LogP contribution >= 0.6 is 0 Å². The summed E-state index contributed by atoms with van der Waals surface area (Å²) in [5.74, 6) is 0.776. The molecule has 110 valence electrons. The molecule has 0 aromatic heterocycles. The molecule has 20 heavy (non-hydrogen) atoms. The number of nitrogens with two attached hydrogens (primary N) is 1. The minimum atomic E-state index is -3.93. The Kier molecular flexibility index (Phi) is 3.96. The molecule has 0 saturated heterocycles. The van der Waals surface area contributed by atoms with Gasteiger partial charge in [-0.05, 0) is 36.8 Å². The van der Waals surface area contributed by atoms with Crippen molar-refractivity contribution in [3.63, 3.8) is 0 Å². The molecular weight excluding hydrogens is 282 g/mol. The van der Waals surface area contributed by atoms with Gasteiger partial charge in [-0.1, -0.05) is 13.0 Å². The number of nitrogen functional groups attached to an aromatic ring is 1. The lowest BCUT2D eigenvalue weighted by molar-refractivity contribution is -0.386. The van der Waals surface area contributed by atoms with Gasteiger partial charge in [0, 0.05) is 6.54 Å². The van der Waals surface area contributed by atoms with Crippen molar-refractivity contribution >= 4 is 21.4 Å². The van der Waals surface area contributed by atoms with E-state index in [-0.39, 0.29) is 23.0 Å². The van der Waals surface area contributed by atoms with Gasteiger partial charge in [-0.15, -0.1) is 0 Å². The molecule has 1 unspecified atom stereocenters. The molecule has 1 aromatic rings. The van der Waals surface area contributed by atoms with Crippen LogP contribution in [0.25, 0.3) is 0 Å². The third-order valence-corrected chi connectivity index (χ3v) is 4.98. The summed E-state index contributed by atoms with van der Waals surface area (Å²) in [6, 6.07) is 3.89. The zero-order chi connectivity index (χ0) is 14.9. The molecule has 2 rings (SSSR count). The molecular formula is C12H17N3O4S. The van der Waals surface area contributed by atoms with E-state index in [4.69, 9.17) is 5.73 Å². The largest absolute Gasteiger partial charge is 0.393 e. The summed E-state index contributed by atoms with van der Waals surface area (Å²) in [5, 5.41) is 11.0. The highest BCUT2D eigenvalue weighted by atomic mass is 32.2. The van der Waals surface area contributed by atoms with Gasteiger partial charge in [0.1, 0.15) is 5.69 Å². The van der Waals surface area contributed by atoms with Crippen molar-refractivity contribution in [2.75, 3.05) is 12.3 Å². The van der Waals surface area contributed by atoms with Gasteiger partial charge >= 0.3 is 5.69 Å². The van der Waals surface area contributed by atoms with Crippen LogP contribution in [-0.2, 0) is 10.0 Å². The molecule has 0 heterocycles. The normalized spacial score (nSPS) is 16.9. The smallest absolute Gasteiger partial charge is 0.312 e. The van der Waals surface area contributed by atoms with Crippen molar-refractivity contribution in [3.8, 4) is 0 Å². The molecule has 1 aliphatic rings. The quantitative estimate of drug-likeness (QED) is 0.469. The van der Waals surface area contributed by atoms with Crippen molar-refractivity contribution < 1.29 is 13.3 Å². The van der Waals surface area contributed by atoms with Crippen LogP contribution in [0.15, 0.2) is 23.1 Å². The number of sulfonamides is 1. The number of nitro benzene ring substituents is 1. The van der Waals surface area contributed by atoms with Crippen molar-refractivity contribution in [2.45, 2.75) is 24.7 Å². The SMILES string of the molecule is CC(CNS(=O)(=O)c1cccc(N)c1[N+](=O)[O-])C1CC1. The van der Waals surface area contributed by atoms with E-state index < -0.39 is 20.6 Å². The molecule has 8 heteroatoms. The summed E-state index contributed by atoms with van der Waals surface area (Å²) in [7, 11) is -3.93. The lowest BCUT2D eigenvalue weighted by Gasteiger charge is -2.12.